The van der Waals surface area contributed by atoms with Gasteiger partial charge in [0.25, 0.3) is 0 Å². The molecule has 2 heterocycles. The van der Waals surface area contributed by atoms with E-state index in [-0.39, 0.29) is 11.9 Å². The van der Waals surface area contributed by atoms with Crippen LogP contribution >= 0.6 is 23.1 Å². The molecule has 7 nitrogen and oxygen atoms in total. The molecule has 1 saturated heterocycles. The molecule has 4 N–H and O–H groups in total. The van der Waals surface area contributed by atoms with E-state index >= 15 is 0 Å². The Morgan fingerprint density at radius 2 is 2.17 bits per heavy atom. The van der Waals surface area contributed by atoms with E-state index < -0.39 is 30.5 Å². The maximum absolute atomic E-state index is 10.00. The van der Waals surface area contributed by atoms with E-state index in [9.17, 15) is 10.2 Å². The highest BCUT2D eigenvalue weighted by atomic mass is 35.5. The zero-order valence-electron chi connectivity index (χ0n) is 9.52. The average Bonchev–Trinajstić information content (AvgIpc) is 2.75. The maximum Gasteiger partial charge on any atom is 0.236 e. The third-order valence-electron chi connectivity index (χ3n) is 2.87. The van der Waals surface area contributed by atoms with Crippen molar-refractivity contribution in [1.29, 1.82) is 0 Å². The third kappa shape index (κ3) is 2.73. The minimum atomic E-state index is -1.16. The van der Waals surface area contributed by atoms with E-state index in [4.69, 9.17) is 21.4 Å². The first-order valence-corrected chi connectivity index (χ1v) is 6.56. The first-order chi connectivity index (χ1) is 8.52. The van der Waals surface area contributed by atoms with Crippen molar-refractivity contribution in [3.05, 3.63) is 5.28 Å². The lowest BCUT2D eigenvalue weighted by atomic mass is 9.94. The maximum atomic E-state index is 10.00. The van der Waals surface area contributed by atoms with Gasteiger partial charge in [-0.25, -0.2) is 0 Å². The molecule has 9 heteroatoms. The zero-order chi connectivity index (χ0) is 13.3. The molecule has 5 atom stereocenters. The highest BCUT2D eigenvalue weighted by Crippen LogP contribution is 2.25. The number of aliphatic hydroxyl groups excluding tert-OH is 3. The Morgan fingerprint density at radius 1 is 1.44 bits per heavy atom. The van der Waals surface area contributed by atoms with E-state index in [1.54, 1.807) is 6.92 Å². The molecule has 1 aliphatic heterocycles. The first kappa shape index (κ1) is 13.9. The molecule has 0 aromatic carbocycles. The Hall–Kier alpha value is -0.510. The molecule has 0 bridgehead atoms. The number of hydrogen-bond donors (Lipinski definition) is 4. The molecule has 1 aliphatic rings. The fourth-order valence-corrected chi connectivity index (χ4v) is 2.67. The normalized spacial score (nSPS) is 36.6. The number of hydrogen-bond acceptors (Lipinski definition) is 8. The van der Waals surface area contributed by atoms with Crippen LogP contribution in [0.3, 0.4) is 0 Å². The molecule has 18 heavy (non-hydrogen) atoms. The Labute approximate surface area is 113 Å². The van der Waals surface area contributed by atoms with Crippen molar-refractivity contribution in [3.8, 4) is 0 Å². The second kappa shape index (κ2) is 5.64. The highest BCUT2D eigenvalue weighted by Gasteiger charge is 2.42. The average molecular weight is 296 g/mol. The van der Waals surface area contributed by atoms with Gasteiger partial charge in [0.2, 0.25) is 10.4 Å². The molecule has 2 rings (SSSR count). The van der Waals surface area contributed by atoms with Crippen molar-refractivity contribution >= 4 is 28.3 Å². The van der Waals surface area contributed by atoms with Crippen LogP contribution < -0.4 is 5.32 Å². The number of nitrogens with zero attached hydrogens (tertiary/aromatic N) is 2. The minimum Gasteiger partial charge on any atom is -0.394 e. The van der Waals surface area contributed by atoms with Gasteiger partial charge in [0.05, 0.1) is 18.8 Å². The van der Waals surface area contributed by atoms with Crippen LogP contribution in [0.25, 0.3) is 0 Å². The van der Waals surface area contributed by atoms with Gasteiger partial charge in [-0.3, -0.25) is 0 Å². The summed E-state index contributed by atoms with van der Waals surface area (Å²) < 4.78 is 9.20. The van der Waals surface area contributed by atoms with Crippen LogP contribution in [0.2, 0.25) is 5.28 Å². The summed E-state index contributed by atoms with van der Waals surface area (Å²) in [5.41, 5.74) is 0. The highest BCUT2D eigenvalue weighted by molar-refractivity contribution is 7.09. The van der Waals surface area contributed by atoms with Crippen LogP contribution in [0, 0.1) is 0 Å². The van der Waals surface area contributed by atoms with E-state index in [0.717, 1.165) is 11.5 Å². The Bertz CT molecular complexity index is 407. The lowest BCUT2D eigenvalue weighted by molar-refractivity contribution is -0.180. The third-order valence-corrected chi connectivity index (χ3v) is 3.78. The van der Waals surface area contributed by atoms with Gasteiger partial charge in [-0.15, -0.1) is 0 Å². The molecule has 1 aromatic rings. The monoisotopic (exact) mass is 295 g/mol. The van der Waals surface area contributed by atoms with Crippen LogP contribution in [-0.2, 0) is 4.74 Å². The summed E-state index contributed by atoms with van der Waals surface area (Å²) >= 11 is 6.65. The van der Waals surface area contributed by atoms with Gasteiger partial charge in [-0.2, -0.15) is 9.36 Å². The number of anilines is 1. The van der Waals surface area contributed by atoms with E-state index in [0.29, 0.717) is 5.13 Å². The number of aliphatic hydroxyl groups is 3. The van der Waals surface area contributed by atoms with Gasteiger partial charge in [0.1, 0.15) is 18.3 Å². The van der Waals surface area contributed by atoms with Crippen LogP contribution in [-0.4, -0.2) is 61.7 Å². The summed E-state index contributed by atoms with van der Waals surface area (Å²) in [6.45, 7) is 1.39. The van der Waals surface area contributed by atoms with Gasteiger partial charge in [0, 0.05) is 11.5 Å². The number of halogens is 1. The molecule has 0 radical (unpaired) electrons. The summed E-state index contributed by atoms with van der Waals surface area (Å²) in [5.74, 6) is 0. The quantitative estimate of drug-likeness (QED) is 0.594. The summed E-state index contributed by atoms with van der Waals surface area (Å²) in [4.78, 5) is 3.90. The van der Waals surface area contributed by atoms with Crippen molar-refractivity contribution < 1.29 is 20.1 Å². The van der Waals surface area contributed by atoms with Gasteiger partial charge in [0.15, 0.2) is 0 Å². The first-order valence-electron chi connectivity index (χ1n) is 5.41. The van der Waals surface area contributed by atoms with Crippen LogP contribution in [0.15, 0.2) is 0 Å². The van der Waals surface area contributed by atoms with Crippen molar-refractivity contribution in [2.75, 3.05) is 11.9 Å². The lowest BCUT2D eigenvalue weighted by Crippen LogP contribution is -2.60. The number of aromatic nitrogens is 2. The van der Waals surface area contributed by atoms with Crippen LogP contribution in [0.5, 0.6) is 0 Å². The summed E-state index contributed by atoms with van der Waals surface area (Å²) in [7, 11) is 0. The molecule has 0 amide bonds. The number of nitrogens with one attached hydrogen (secondary N) is 1. The van der Waals surface area contributed by atoms with E-state index in [1.807, 2.05) is 0 Å². The molecule has 0 saturated carbocycles. The van der Waals surface area contributed by atoms with Gasteiger partial charge < -0.3 is 25.4 Å². The second-order valence-corrected chi connectivity index (χ2v) is 5.17. The van der Waals surface area contributed by atoms with E-state index in [2.05, 4.69) is 14.7 Å². The predicted octanol–water partition coefficient (Wildman–Crippen LogP) is -0.527. The predicted molar refractivity (Wildman–Crippen MR) is 65.8 cm³/mol. The summed E-state index contributed by atoms with van der Waals surface area (Å²) in [6.07, 6.45) is -3.42. The summed E-state index contributed by atoms with van der Waals surface area (Å²) in [5, 5.41) is 32.3. The standard InChI is InChI=1S/C9H14ClN3O4S/c1-3-5(11-9-12-8(10)13-18-9)7(16)6(15)4(2-14)17-3/h3-7,14-16H,2H2,1H3,(H,11,12,13)/t3-,4+,5-,6-,7+/m0/s1. The van der Waals surface area contributed by atoms with E-state index in [1.165, 1.54) is 0 Å². The minimum absolute atomic E-state index is 0.121. The fourth-order valence-electron chi connectivity index (χ4n) is 1.91. The zero-order valence-corrected chi connectivity index (χ0v) is 11.1. The number of ether oxygens (including phenoxy) is 1. The molecule has 102 valence electrons. The molecule has 0 aliphatic carbocycles. The van der Waals surface area contributed by atoms with Crippen LogP contribution in [0.1, 0.15) is 6.92 Å². The Balaban J connectivity index is 2.08. The Morgan fingerprint density at radius 3 is 2.72 bits per heavy atom. The Kier molecular flexibility index (Phi) is 4.36. The SMILES string of the molecule is C[C@@H]1O[C@H](CO)[C@H](O)[C@H](O)[C@H]1Nc1nc(Cl)ns1. The van der Waals surface area contributed by atoms with Gasteiger partial charge >= 0.3 is 0 Å². The van der Waals surface area contributed by atoms with Crippen molar-refractivity contribution in [3.63, 3.8) is 0 Å². The van der Waals surface area contributed by atoms with Crippen molar-refractivity contribution in [2.24, 2.45) is 0 Å². The topological polar surface area (TPSA) is 108 Å². The molecule has 0 unspecified atom stereocenters. The molecule has 0 spiro atoms. The second-order valence-electron chi connectivity index (χ2n) is 4.08. The molecular formula is C9H14ClN3O4S. The van der Waals surface area contributed by atoms with Gasteiger partial charge in [-0.1, -0.05) is 0 Å². The van der Waals surface area contributed by atoms with Gasteiger partial charge in [-0.05, 0) is 18.5 Å². The smallest absolute Gasteiger partial charge is 0.236 e. The van der Waals surface area contributed by atoms with Crippen LogP contribution in [0.4, 0.5) is 5.13 Å². The fraction of sp³-hybridized carbons (Fsp3) is 0.778. The molecular weight excluding hydrogens is 282 g/mol. The number of rotatable bonds is 3. The van der Waals surface area contributed by atoms with Crippen molar-refractivity contribution in [2.45, 2.75) is 37.4 Å². The molecule has 1 aromatic heterocycles. The summed E-state index contributed by atoms with van der Waals surface area (Å²) in [6, 6.07) is -0.549. The van der Waals surface area contributed by atoms with Crippen molar-refractivity contribution in [1.82, 2.24) is 9.36 Å². The lowest BCUT2D eigenvalue weighted by Gasteiger charge is -2.41. The largest absolute Gasteiger partial charge is 0.394 e. The molecule has 1 fully saturated rings.